The van der Waals surface area contributed by atoms with Crippen LogP contribution in [0, 0.1) is 0 Å². The number of benzene rings is 1. The highest BCUT2D eigenvalue weighted by molar-refractivity contribution is 6.07. The van der Waals surface area contributed by atoms with Crippen molar-refractivity contribution in [2.75, 3.05) is 17.7 Å². The lowest BCUT2D eigenvalue weighted by atomic mass is 9.95. The van der Waals surface area contributed by atoms with Gasteiger partial charge in [0.15, 0.2) is 6.04 Å². The fourth-order valence-corrected chi connectivity index (χ4v) is 3.96. The van der Waals surface area contributed by atoms with Crippen LogP contribution >= 0.6 is 0 Å². The van der Waals surface area contributed by atoms with E-state index in [1.54, 1.807) is 35.1 Å². The number of hydrogen-bond donors (Lipinski definition) is 2. The third-order valence-corrected chi connectivity index (χ3v) is 5.63. The third-order valence-electron chi connectivity index (χ3n) is 5.63. The lowest BCUT2D eigenvalue weighted by Gasteiger charge is -2.34. The van der Waals surface area contributed by atoms with Crippen LogP contribution < -0.4 is 15.4 Å². The molecule has 1 aliphatic heterocycles. The van der Waals surface area contributed by atoms with Crippen molar-refractivity contribution in [1.29, 1.82) is 0 Å². The number of methoxy groups -OCH3 is 1. The van der Waals surface area contributed by atoms with E-state index in [2.05, 4.69) is 27.8 Å². The quantitative estimate of drug-likeness (QED) is 0.527. The number of nitrogens with zero attached hydrogens (tertiary/aromatic N) is 4. The molecule has 4 rings (SSSR count). The number of carbonyl (C=O) groups excluding carboxylic acids is 1. The van der Waals surface area contributed by atoms with Crippen molar-refractivity contribution in [2.24, 2.45) is 0 Å². The van der Waals surface area contributed by atoms with Crippen LogP contribution in [0.4, 0.5) is 24.7 Å². The average molecular weight is 462 g/mol. The summed E-state index contributed by atoms with van der Waals surface area (Å²) >= 11 is 0. The lowest BCUT2D eigenvalue weighted by Crippen LogP contribution is -2.36. The van der Waals surface area contributed by atoms with Crippen molar-refractivity contribution in [1.82, 2.24) is 19.6 Å². The minimum absolute atomic E-state index is 0.00959. The van der Waals surface area contributed by atoms with Gasteiger partial charge in [-0.1, -0.05) is 31.5 Å². The number of fused-ring (bicyclic) bond motifs is 1. The van der Waals surface area contributed by atoms with Gasteiger partial charge < -0.3 is 15.4 Å². The standard InChI is InChI=1S/C22H25F3N6O2/c1-3-4-9-30-13-14(11-26-30)28-21(32)16-12-27-31-19(22(23,24)25)10-17(29-20(16)31)15-7-5-6-8-18(15)33-2/h5-8,11-13,17,19,29H,3-4,9-10H2,1-2H3,(H,28,32)/t17-,19+/m1/s1. The van der Waals surface area contributed by atoms with Crippen LogP contribution in [0.5, 0.6) is 5.75 Å². The topological polar surface area (TPSA) is 86.0 Å². The summed E-state index contributed by atoms with van der Waals surface area (Å²) < 4.78 is 49.7. The van der Waals surface area contributed by atoms with Crippen LogP contribution in [0.25, 0.3) is 0 Å². The normalized spacial score (nSPS) is 17.8. The molecule has 2 atom stereocenters. The smallest absolute Gasteiger partial charge is 0.410 e. The highest BCUT2D eigenvalue weighted by atomic mass is 19.4. The molecule has 0 aliphatic carbocycles. The Kier molecular flexibility index (Phi) is 6.30. The number of aryl methyl sites for hydroxylation is 1. The van der Waals surface area contributed by atoms with E-state index in [1.807, 2.05) is 0 Å². The van der Waals surface area contributed by atoms with E-state index in [1.165, 1.54) is 13.3 Å². The molecule has 3 aromatic rings. The van der Waals surface area contributed by atoms with Gasteiger partial charge in [0, 0.05) is 24.7 Å². The van der Waals surface area contributed by atoms with Crippen LogP contribution in [0.15, 0.2) is 42.9 Å². The van der Waals surface area contributed by atoms with Gasteiger partial charge in [0.25, 0.3) is 5.91 Å². The second-order valence-corrected chi connectivity index (χ2v) is 7.88. The van der Waals surface area contributed by atoms with Crippen molar-refractivity contribution >= 4 is 17.4 Å². The molecule has 0 saturated heterocycles. The highest BCUT2D eigenvalue weighted by Crippen LogP contribution is 2.45. The van der Waals surface area contributed by atoms with Gasteiger partial charge in [-0.25, -0.2) is 4.68 Å². The SMILES string of the molecule is CCCCn1cc(NC(=O)c2cnn3c2N[C@@H](c2ccccc2OC)C[C@H]3C(F)(F)F)cn1. The average Bonchev–Trinajstić information content (AvgIpc) is 3.43. The first-order valence-electron chi connectivity index (χ1n) is 10.7. The molecule has 0 saturated carbocycles. The zero-order valence-corrected chi connectivity index (χ0v) is 18.3. The van der Waals surface area contributed by atoms with E-state index in [9.17, 15) is 18.0 Å². The second-order valence-electron chi connectivity index (χ2n) is 7.88. The number of unbranched alkanes of at least 4 members (excludes halogenated alkanes) is 1. The highest BCUT2D eigenvalue weighted by Gasteiger charge is 2.47. The predicted molar refractivity (Wildman–Crippen MR) is 116 cm³/mol. The minimum atomic E-state index is -4.54. The van der Waals surface area contributed by atoms with Gasteiger partial charge >= 0.3 is 6.18 Å². The monoisotopic (exact) mass is 462 g/mol. The molecule has 2 aromatic heterocycles. The molecule has 1 amide bonds. The Balaban J connectivity index is 1.64. The molecule has 0 radical (unpaired) electrons. The number of alkyl halides is 3. The Labute approximate surface area is 188 Å². The number of para-hydroxylation sites is 1. The van der Waals surface area contributed by atoms with E-state index in [0.717, 1.165) is 23.7 Å². The summed E-state index contributed by atoms with van der Waals surface area (Å²) in [6.45, 7) is 2.78. The number of hydrogen-bond acceptors (Lipinski definition) is 5. The maximum absolute atomic E-state index is 13.9. The molecule has 1 aromatic carbocycles. The summed E-state index contributed by atoms with van der Waals surface area (Å²) in [5, 5.41) is 13.9. The Morgan fingerprint density at radius 1 is 1.27 bits per heavy atom. The van der Waals surface area contributed by atoms with Crippen LogP contribution in [0.1, 0.15) is 54.2 Å². The first kappa shape index (κ1) is 22.7. The van der Waals surface area contributed by atoms with Crippen LogP contribution in [-0.4, -0.2) is 38.8 Å². The summed E-state index contributed by atoms with van der Waals surface area (Å²) in [6.07, 6.45) is 1.46. The summed E-state index contributed by atoms with van der Waals surface area (Å²) in [4.78, 5) is 12.9. The number of anilines is 2. The third kappa shape index (κ3) is 4.67. The van der Waals surface area contributed by atoms with E-state index in [4.69, 9.17) is 4.74 Å². The summed E-state index contributed by atoms with van der Waals surface area (Å²) in [7, 11) is 1.46. The number of carbonyl (C=O) groups is 1. The zero-order chi connectivity index (χ0) is 23.6. The summed E-state index contributed by atoms with van der Waals surface area (Å²) in [6, 6.07) is 4.27. The van der Waals surface area contributed by atoms with Gasteiger partial charge in [0.1, 0.15) is 17.1 Å². The number of halogens is 3. The molecule has 176 valence electrons. The maximum atomic E-state index is 13.9. The van der Waals surface area contributed by atoms with E-state index < -0.39 is 24.2 Å². The Morgan fingerprint density at radius 2 is 2.06 bits per heavy atom. The summed E-state index contributed by atoms with van der Waals surface area (Å²) in [5.41, 5.74) is 1.05. The van der Waals surface area contributed by atoms with E-state index in [0.29, 0.717) is 23.5 Å². The van der Waals surface area contributed by atoms with Crippen molar-refractivity contribution in [3.63, 3.8) is 0 Å². The minimum Gasteiger partial charge on any atom is -0.496 e. The molecule has 2 N–H and O–H groups in total. The molecule has 3 heterocycles. The van der Waals surface area contributed by atoms with Gasteiger partial charge in [0.2, 0.25) is 0 Å². The number of ether oxygens (including phenoxy) is 1. The van der Waals surface area contributed by atoms with Crippen LogP contribution in [0.3, 0.4) is 0 Å². The fraction of sp³-hybridized carbons (Fsp3) is 0.409. The van der Waals surface area contributed by atoms with Gasteiger partial charge in [-0.3, -0.25) is 9.48 Å². The zero-order valence-electron chi connectivity index (χ0n) is 18.3. The first-order valence-corrected chi connectivity index (χ1v) is 10.7. The summed E-state index contributed by atoms with van der Waals surface area (Å²) in [5.74, 6) is -0.0925. The number of nitrogens with one attached hydrogen (secondary N) is 2. The number of aromatic nitrogens is 4. The predicted octanol–water partition coefficient (Wildman–Crippen LogP) is 4.80. The van der Waals surface area contributed by atoms with Crippen molar-refractivity contribution in [3.05, 3.63) is 54.0 Å². The van der Waals surface area contributed by atoms with Gasteiger partial charge in [-0.2, -0.15) is 23.4 Å². The molecule has 0 bridgehead atoms. The van der Waals surface area contributed by atoms with Gasteiger partial charge in [-0.05, 0) is 12.5 Å². The fourth-order valence-electron chi connectivity index (χ4n) is 3.96. The molecular formula is C22H25F3N6O2. The van der Waals surface area contributed by atoms with E-state index >= 15 is 0 Å². The molecule has 33 heavy (non-hydrogen) atoms. The van der Waals surface area contributed by atoms with Crippen LogP contribution in [0.2, 0.25) is 0 Å². The van der Waals surface area contributed by atoms with Crippen LogP contribution in [-0.2, 0) is 6.54 Å². The van der Waals surface area contributed by atoms with Gasteiger partial charge in [-0.15, -0.1) is 0 Å². The molecule has 1 aliphatic rings. The maximum Gasteiger partial charge on any atom is 0.410 e. The van der Waals surface area contributed by atoms with Crippen molar-refractivity contribution < 1.29 is 22.7 Å². The second kappa shape index (κ2) is 9.16. The van der Waals surface area contributed by atoms with Crippen molar-refractivity contribution in [3.8, 4) is 5.75 Å². The first-order chi connectivity index (χ1) is 15.8. The lowest BCUT2D eigenvalue weighted by molar-refractivity contribution is -0.173. The molecule has 0 spiro atoms. The largest absolute Gasteiger partial charge is 0.496 e. The molecule has 11 heteroatoms. The number of rotatable bonds is 7. The van der Waals surface area contributed by atoms with Crippen molar-refractivity contribution in [2.45, 2.75) is 51.0 Å². The Morgan fingerprint density at radius 3 is 2.79 bits per heavy atom. The Bertz CT molecular complexity index is 1120. The van der Waals surface area contributed by atoms with E-state index in [-0.39, 0.29) is 17.8 Å². The van der Waals surface area contributed by atoms with Gasteiger partial charge in [0.05, 0.1) is 31.2 Å². The Hall–Kier alpha value is -3.50. The number of amides is 1. The molecular weight excluding hydrogens is 437 g/mol. The molecule has 0 fully saturated rings. The molecule has 8 nitrogen and oxygen atoms in total. The molecule has 0 unspecified atom stereocenters.